The van der Waals surface area contributed by atoms with Crippen molar-refractivity contribution in [3.8, 4) is 22.4 Å². The highest BCUT2D eigenvalue weighted by molar-refractivity contribution is 7.91. The molecule has 1 aromatic carbocycles. The van der Waals surface area contributed by atoms with Crippen LogP contribution in [0.4, 0.5) is 5.82 Å². The van der Waals surface area contributed by atoms with E-state index >= 15 is 0 Å². The number of fused-ring (bicyclic) bond motifs is 3. The normalized spacial score (nSPS) is 20.5. The number of aromatic amines is 1. The van der Waals surface area contributed by atoms with Crippen molar-refractivity contribution in [2.75, 3.05) is 12.0 Å². The number of rotatable bonds is 5. The number of nitrogens with two attached hydrogens (primary N) is 1. The summed E-state index contributed by atoms with van der Waals surface area (Å²) in [5.74, 6) is -0.359. The molecule has 0 unspecified atom stereocenters. The molecule has 0 aliphatic carbocycles. The predicted molar refractivity (Wildman–Crippen MR) is 148 cm³/mol. The summed E-state index contributed by atoms with van der Waals surface area (Å²) in [5, 5.41) is 17.8. The van der Waals surface area contributed by atoms with Gasteiger partial charge in [-0.2, -0.15) is 9.61 Å². The van der Waals surface area contributed by atoms with Gasteiger partial charge in [0.1, 0.15) is 10.7 Å². The smallest absolute Gasteiger partial charge is 0.293 e. The number of carbonyl (C=O) groups excluding carboxylic acids is 1. The highest BCUT2D eigenvalue weighted by Gasteiger charge is 2.46. The minimum Gasteiger partial charge on any atom is -0.382 e. The van der Waals surface area contributed by atoms with Gasteiger partial charge in [0, 0.05) is 47.1 Å². The summed E-state index contributed by atoms with van der Waals surface area (Å²) in [4.78, 5) is 24.5. The fourth-order valence-corrected chi connectivity index (χ4v) is 7.37. The lowest BCUT2D eigenvalue weighted by atomic mass is 9.87. The zero-order valence-electron chi connectivity index (χ0n) is 22.0. The molecule has 13 nitrogen and oxygen atoms in total. The van der Waals surface area contributed by atoms with Gasteiger partial charge in [-0.1, -0.05) is 36.4 Å². The van der Waals surface area contributed by atoms with Crippen molar-refractivity contribution in [2.24, 2.45) is 0 Å². The largest absolute Gasteiger partial charge is 0.382 e. The zero-order chi connectivity index (χ0) is 28.3. The van der Waals surface area contributed by atoms with E-state index in [0.717, 1.165) is 35.9 Å². The first-order valence-electron chi connectivity index (χ1n) is 13.2. The van der Waals surface area contributed by atoms with Crippen LogP contribution in [-0.2, 0) is 9.84 Å². The molecule has 2 bridgehead atoms. The van der Waals surface area contributed by atoms with Gasteiger partial charge < -0.3 is 10.6 Å². The molecule has 2 aliphatic heterocycles. The molecule has 0 radical (unpaired) electrons. The Morgan fingerprint density at radius 2 is 1.78 bits per heavy atom. The molecule has 3 atom stereocenters. The number of amides is 1. The number of anilines is 1. The van der Waals surface area contributed by atoms with E-state index in [1.54, 1.807) is 12.4 Å². The Hall–Kier alpha value is -4.72. The lowest BCUT2D eigenvalue weighted by molar-refractivity contribution is 0.0555. The molecule has 0 saturated carbocycles. The number of H-pyrrole nitrogens is 1. The highest BCUT2D eigenvalue weighted by Crippen LogP contribution is 2.45. The van der Waals surface area contributed by atoms with Crippen molar-refractivity contribution in [3.63, 3.8) is 0 Å². The number of benzene rings is 1. The van der Waals surface area contributed by atoms with Gasteiger partial charge in [-0.25, -0.2) is 18.5 Å². The van der Waals surface area contributed by atoms with E-state index < -0.39 is 9.84 Å². The van der Waals surface area contributed by atoms with Crippen molar-refractivity contribution in [1.82, 2.24) is 45.1 Å². The van der Waals surface area contributed by atoms with Crippen LogP contribution in [0.1, 0.15) is 47.9 Å². The molecule has 0 spiro atoms. The Balaban J connectivity index is 1.29. The topological polar surface area (TPSA) is 178 Å². The number of hydrogen-bond donors (Lipinski definition) is 2. The summed E-state index contributed by atoms with van der Waals surface area (Å²) in [7, 11) is -3.75. The third kappa shape index (κ3) is 4.22. The first kappa shape index (κ1) is 25.3. The standard InChI is InChI=1S/C27H26N10O3S/c1-41(39,40)23-22(17-11-18-8-9-19(12-17)36(18)27(38)25-32-34-35-33-25)31-26-20(14-30-37(26)24(23)28)16-7-10-21(29-13-16)15-5-3-2-4-6-15/h2-7,10,13-14,17-19H,8-9,11-12,28H2,1H3,(H,32,33,34,35)/t17-,18+,19-. The van der Waals surface area contributed by atoms with Gasteiger partial charge >= 0.3 is 0 Å². The lowest BCUT2D eigenvalue weighted by Crippen LogP contribution is -2.46. The van der Waals surface area contributed by atoms with Gasteiger partial charge in [0.2, 0.25) is 5.82 Å². The molecule has 41 heavy (non-hydrogen) atoms. The minimum atomic E-state index is -3.75. The van der Waals surface area contributed by atoms with Crippen molar-refractivity contribution >= 4 is 27.2 Å². The zero-order valence-corrected chi connectivity index (χ0v) is 22.9. The lowest BCUT2D eigenvalue weighted by Gasteiger charge is -2.38. The Labute approximate surface area is 234 Å². The molecule has 4 aromatic heterocycles. The summed E-state index contributed by atoms with van der Waals surface area (Å²) in [6.07, 6.45) is 7.22. The van der Waals surface area contributed by atoms with E-state index in [1.165, 1.54) is 4.52 Å². The Morgan fingerprint density at radius 3 is 2.41 bits per heavy atom. The Bertz CT molecular complexity index is 1860. The second-order valence-electron chi connectivity index (χ2n) is 10.6. The van der Waals surface area contributed by atoms with Gasteiger partial charge in [-0.05, 0) is 42.2 Å². The number of nitrogen functional groups attached to an aromatic ring is 1. The molecule has 6 heterocycles. The van der Waals surface area contributed by atoms with Crippen LogP contribution in [0.3, 0.4) is 0 Å². The number of nitrogens with one attached hydrogen (secondary N) is 1. The van der Waals surface area contributed by atoms with Crippen molar-refractivity contribution in [1.29, 1.82) is 0 Å². The fraction of sp³-hybridized carbons (Fsp3) is 0.296. The van der Waals surface area contributed by atoms with E-state index in [2.05, 4.69) is 30.7 Å². The minimum absolute atomic E-state index is 0.0131. The van der Waals surface area contributed by atoms with Gasteiger partial charge in [0.15, 0.2) is 15.5 Å². The average molecular weight is 571 g/mol. The van der Waals surface area contributed by atoms with E-state index in [1.807, 2.05) is 47.4 Å². The van der Waals surface area contributed by atoms with Crippen LogP contribution >= 0.6 is 0 Å². The highest BCUT2D eigenvalue weighted by atomic mass is 32.2. The average Bonchev–Trinajstić information content (AvgIpc) is 3.71. The predicted octanol–water partition coefficient (Wildman–Crippen LogP) is 2.51. The maximum absolute atomic E-state index is 13.1. The SMILES string of the molecule is CS(=O)(=O)c1c([C@H]2C[C@H]3CC[C@@H](C2)N3C(=O)c2nnn[nH]2)nc2c(-c3ccc(-c4ccccc4)nc3)cnn2c1N. The summed E-state index contributed by atoms with van der Waals surface area (Å²) >= 11 is 0. The monoisotopic (exact) mass is 570 g/mol. The second kappa shape index (κ2) is 9.44. The Morgan fingerprint density at radius 1 is 1.02 bits per heavy atom. The number of hydrogen-bond acceptors (Lipinski definition) is 10. The van der Waals surface area contributed by atoms with Crippen LogP contribution in [0.2, 0.25) is 0 Å². The number of carbonyl (C=O) groups is 1. The quantitative estimate of drug-likeness (QED) is 0.319. The van der Waals surface area contributed by atoms with Crippen molar-refractivity contribution in [3.05, 3.63) is 66.4 Å². The number of nitrogens with zero attached hydrogens (tertiary/aromatic N) is 8. The van der Waals surface area contributed by atoms with Crippen LogP contribution < -0.4 is 5.73 Å². The number of aromatic nitrogens is 8. The summed E-state index contributed by atoms with van der Waals surface area (Å²) < 4.78 is 27.5. The van der Waals surface area contributed by atoms with E-state index in [0.29, 0.717) is 29.7 Å². The molecule has 2 saturated heterocycles. The summed E-state index contributed by atoms with van der Waals surface area (Å²) in [5.41, 5.74) is 10.7. The number of piperidine rings is 1. The molecular formula is C27H26N10O3S. The first-order chi connectivity index (χ1) is 19.8. The van der Waals surface area contributed by atoms with E-state index in [4.69, 9.17) is 10.7 Å². The van der Waals surface area contributed by atoms with Gasteiger partial charge in [-0.15, -0.1) is 5.10 Å². The second-order valence-corrected chi connectivity index (χ2v) is 12.5. The van der Waals surface area contributed by atoms with Crippen LogP contribution in [0.25, 0.3) is 28.0 Å². The molecule has 14 heteroatoms. The van der Waals surface area contributed by atoms with Gasteiger partial charge in [-0.3, -0.25) is 9.78 Å². The summed E-state index contributed by atoms with van der Waals surface area (Å²) in [6, 6.07) is 13.5. The van der Waals surface area contributed by atoms with E-state index in [9.17, 15) is 13.2 Å². The third-order valence-corrected chi connectivity index (χ3v) is 9.24. The van der Waals surface area contributed by atoms with Gasteiger partial charge in [0.05, 0.1) is 17.6 Å². The molecule has 5 aromatic rings. The van der Waals surface area contributed by atoms with Crippen LogP contribution in [0.5, 0.6) is 0 Å². The molecule has 2 fully saturated rings. The fourth-order valence-electron chi connectivity index (χ4n) is 6.32. The maximum atomic E-state index is 13.1. The van der Waals surface area contributed by atoms with Crippen molar-refractivity contribution in [2.45, 2.75) is 48.6 Å². The van der Waals surface area contributed by atoms with Crippen LogP contribution in [-0.4, -0.2) is 77.8 Å². The van der Waals surface area contributed by atoms with Crippen LogP contribution in [0.15, 0.2) is 59.8 Å². The van der Waals surface area contributed by atoms with E-state index in [-0.39, 0.29) is 40.4 Å². The molecule has 7 rings (SSSR count). The third-order valence-electron chi connectivity index (χ3n) is 8.08. The number of sulfone groups is 1. The Kier molecular flexibility index (Phi) is 5.81. The molecule has 208 valence electrons. The molecule has 1 amide bonds. The first-order valence-corrected chi connectivity index (χ1v) is 15.1. The maximum Gasteiger partial charge on any atom is 0.293 e. The number of tetrazole rings is 1. The van der Waals surface area contributed by atoms with Gasteiger partial charge in [0.25, 0.3) is 5.91 Å². The molecule has 2 aliphatic rings. The van der Waals surface area contributed by atoms with Crippen molar-refractivity contribution < 1.29 is 13.2 Å². The summed E-state index contributed by atoms with van der Waals surface area (Å²) in [6.45, 7) is 0. The molecular weight excluding hydrogens is 544 g/mol. The van der Waals surface area contributed by atoms with Crippen LogP contribution in [0, 0.1) is 0 Å². The number of pyridine rings is 1. The molecule has 3 N–H and O–H groups in total.